The summed E-state index contributed by atoms with van der Waals surface area (Å²) in [6, 6.07) is 10.2. The van der Waals surface area contributed by atoms with Crippen molar-refractivity contribution >= 4 is 12.1 Å². The van der Waals surface area contributed by atoms with Crippen molar-refractivity contribution in [3.8, 4) is 0 Å². The first kappa shape index (κ1) is 26.2. The fourth-order valence-corrected chi connectivity index (χ4v) is 4.68. The van der Waals surface area contributed by atoms with Crippen molar-refractivity contribution in [3.63, 3.8) is 0 Å². The van der Waals surface area contributed by atoms with Gasteiger partial charge in [0.2, 0.25) is 0 Å². The molecule has 1 aliphatic rings. The SMILES string of the molecule is CCCCCC(Cc1ccccc1)CC(N)C1(NC(=O)OC(C)(C)C)CC(C(=O)OC)C1. The number of nitrogens with two attached hydrogens (primary N) is 1. The molecule has 0 spiro atoms. The molecule has 180 valence electrons. The second-order valence-corrected chi connectivity index (χ2v) is 10.3. The number of nitrogens with one attached hydrogen (secondary N) is 1. The average molecular weight is 447 g/mol. The Morgan fingerprint density at radius 2 is 1.84 bits per heavy atom. The molecule has 32 heavy (non-hydrogen) atoms. The maximum atomic E-state index is 12.6. The molecule has 1 aromatic carbocycles. The molecule has 2 unspecified atom stereocenters. The molecular formula is C26H42N2O4. The number of hydrogen-bond acceptors (Lipinski definition) is 5. The van der Waals surface area contributed by atoms with E-state index in [2.05, 4.69) is 36.5 Å². The van der Waals surface area contributed by atoms with E-state index >= 15 is 0 Å². The molecule has 2 rings (SSSR count). The van der Waals surface area contributed by atoms with Crippen molar-refractivity contribution in [1.82, 2.24) is 5.32 Å². The number of carbonyl (C=O) groups is 2. The minimum Gasteiger partial charge on any atom is -0.469 e. The van der Waals surface area contributed by atoms with Crippen molar-refractivity contribution in [2.75, 3.05) is 7.11 Å². The Labute approximate surface area is 193 Å². The predicted octanol–water partition coefficient (Wildman–Crippen LogP) is 4.99. The van der Waals surface area contributed by atoms with Crippen LogP contribution in [-0.4, -0.2) is 36.4 Å². The summed E-state index contributed by atoms with van der Waals surface area (Å²) < 4.78 is 10.4. The van der Waals surface area contributed by atoms with Crippen LogP contribution in [0.4, 0.5) is 4.79 Å². The molecule has 0 aliphatic heterocycles. The largest absolute Gasteiger partial charge is 0.469 e. The molecule has 0 heterocycles. The number of carbonyl (C=O) groups excluding carboxylic acids is 2. The number of unbranched alkanes of at least 4 members (excludes halogenated alkanes) is 2. The maximum Gasteiger partial charge on any atom is 0.408 e. The number of methoxy groups -OCH3 is 1. The predicted molar refractivity (Wildman–Crippen MR) is 127 cm³/mol. The molecule has 0 aromatic heterocycles. The lowest BCUT2D eigenvalue weighted by Gasteiger charge is -2.51. The normalized spacial score (nSPS) is 22.4. The van der Waals surface area contributed by atoms with Gasteiger partial charge in [0.15, 0.2) is 0 Å². The van der Waals surface area contributed by atoms with E-state index in [-0.39, 0.29) is 17.9 Å². The van der Waals surface area contributed by atoms with Crippen molar-refractivity contribution in [2.24, 2.45) is 17.6 Å². The van der Waals surface area contributed by atoms with E-state index in [4.69, 9.17) is 15.2 Å². The Bertz CT molecular complexity index is 723. The fraction of sp³-hybridized carbons (Fsp3) is 0.692. The standard InChI is InChI=1S/C26H42N2O4/c1-6-7-9-14-20(15-19-12-10-8-11-13-19)16-22(27)26(17-21(18-26)23(29)31-5)28-24(30)32-25(2,3)4/h8,10-13,20-22H,6-7,9,14-18,27H2,1-5H3,(H,28,30). The fourth-order valence-electron chi connectivity index (χ4n) is 4.68. The van der Waals surface area contributed by atoms with E-state index in [1.165, 1.54) is 25.5 Å². The van der Waals surface area contributed by atoms with E-state index in [1.807, 2.05) is 26.8 Å². The molecule has 0 radical (unpaired) electrons. The van der Waals surface area contributed by atoms with Gasteiger partial charge in [-0.15, -0.1) is 0 Å². The molecule has 1 fully saturated rings. The zero-order valence-corrected chi connectivity index (χ0v) is 20.5. The Hall–Kier alpha value is -2.08. The van der Waals surface area contributed by atoms with E-state index in [1.54, 1.807) is 0 Å². The topological polar surface area (TPSA) is 90.6 Å². The van der Waals surface area contributed by atoms with Crippen molar-refractivity contribution in [1.29, 1.82) is 0 Å². The van der Waals surface area contributed by atoms with Crippen molar-refractivity contribution in [2.45, 2.75) is 96.2 Å². The second kappa shape index (κ2) is 11.7. The van der Waals surface area contributed by atoms with Crippen LogP contribution in [0.1, 0.15) is 78.2 Å². The average Bonchev–Trinajstić information content (AvgIpc) is 2.69. The summed E-state index contributed by atoms with van der Waals surface area (Å²) in [5.41, 5.74) is 6.82. The zero-order chi connectivity index (χ0) is 23.8. The lowest BCUT2D eigenvalue weighted by Crippen LogP contribution is -2.68. The molecule has 0 bridgehead atoms. The van der Waals surface area contributed by atoms with Gasteiger partial charge in [-0.2, -0.15) is 0 Å². The van der Waals surface area contributed by atoms with Gasteiger partial charge in [0.05, 0.1) is 18.6 Å². The molecular weight excluding hydrogens is 404 g/mol. The maximum absolute atomic E-state index is 12.6. The molecule has 3 N–H and O–H groups in total. The van der Waals surface area contributed by atoms with Gasteiger partial charge >= 0.3 is 12.1 Å². The van der Waals surface area contributed by atoms with Crippen LogP contribution in [0.3, 0.4) is 0 Å². The summed E-state index contributed by atoms with van der Waals surface area (Å²) >= 11 is 0. The van der Waals surface area contributed by atoms with E-state index in [9.17, 15) is 9.59 Å². The van der Waals surface area contributed by atoms with Crippen LogP contribution in [-0.2, 0) is 20.7 Å². The number of amides is 1. The van der Waals surface area contributed by atoms with Crippen LogP contribution < -0.4 is 11.1 Å². The molecule has 2 atom stereocenters. The highest BCUT2D eigenvalue weighted by Gasteiger charge is 2.53. The lowest BCUT2D eigenvalue weighted by atomic mass is 9.62. The second-order valence-electron chi connectivity index (χ2n) is 10.3. The summed E-state index contributed by atoms with van der Waals surface area (Å²) in [6.45, 7) is 7.71. The molecule has 1 saturated carbocycles. The first-order valence-corrected chi connectivity index (χ1v) is 12.0. The highest BCUT2D eigenvalue weighted by molar-refractivity contribution is 5.75. The third-order valence-corrected chi connectivity index (χ3v) is 6.39. The lowest BCUT2D eigenvalue weighted by molar-refractivity contribution is -0.152. The third-order valence-electron chi connectivity index (χ3n) is 6.39. The van der Waals surface area contributed by atoms with Gasteiger partial charge < -0.3 is 20.5 Å². The summed E-state index contributed by atoms with van der Waals surface area (Å²) in [4.78, 5) is 24.7. The van der Waals surface area contributed by atoms with Crippen LogP contribution in [0, 0.1) is 11.8 Å². The van der Waals surface area contributed by atoms with Crippen LogP contribution in [0.2, 0.25) is 0 Å². The van der Waals surface area contributed by atoms with Crippen LogP contribution in [0.5, 0.6) is 0 Å². The zero-order valence-electron chi connectivity index (χ0n) is 20.5. The van der Waals surface area contributed by atoms with Crippen LogP contribution in [0.25, 0.3) is 0 Å². The van der Waals surface area contributed by atoms with E-state index in [0.717, 1.165) is 25.7 Å². The van der Waals surface area contributed by atoms with Gasteiger partial charge in [-0.1, -0.05) is 62.9 Å². The van der Waals surface area contributed by atoms with Gasteiger partial charge in [-0.25, -0.2) is 4.79 Å². The van der Waals surface area contributed by atoms with Crippen LogP contribution in [0.15, 0.2) is 30.3 Å². The summed E-state index contributed by atoms with van der Waals surface area (Å²) in [6.07, 6.45) is 6.85. The number of alkyl carbamates (subject to hydrolysis) is 1. The molecule has 1 amide bonds. The quantitative estimate of drug-likeness (QED) is 0.369. The minimum atomic E-state index is -0.652. The molecule has 1 aliphatic carbocycles. The van der Waals surface area contributed by atoms with Crippen molar-refractivity contribution in [3.05, 3.63) is 35.9 Å². The van der Waals surface area contributed by atoms with Crippen molar-refractivity contribution < 1.29 is 19.1 Å². The monoisotopic (exact) mass is 446 g/mol. The molecule has 0 saturated heterocycles. The highest BCUT2D eigenvalue weighted by Crippen LogP contribution is 2.43. The smallest absolute Gasteiger partial charge is 0.408 e. The highest BCUT2D eigenvalue weighted by atomic mass is 16.6. The first-order chi connectivity index (χ1) is 15.1. The Kier molecular flexibility index (Phi) is 9.56. The summed E-state index contributed by atoms with van der Waals surface area (Å²) in [5, 5.41) is 3.04. The number of hydrogen-bond donors (Lipinski definition) is 2. The Balaban J connectivity index is 2.13. The third kappa shape index (κ3) is 7.80. The summed E-state index contributed by atoms with van der Waals surface area (Å²) in [5.74, 6) is -0.0790. The molecule has 6 nitrogen and oxygen atoms in total. The van der Waals surface area contributed by atoms with Crippen LogP contribution >= 0.6 is 0 Å². The number of benzene rings is 1. The number of ether oxygens (including phenoxy) is 2. The van der Waals surface area contributed by atoms with Gasteiger partial charge in [-0.3, -0.25) is 4.79 Å². The minimum absolute atomic E-state index is 0.242. The number of rotatable bonds is 11. The van der Waals surface area contributed by atoms with Gasteiger partial charge in [0.1, 0.15) is 5.60 Å². The number of esters is 1. The first-order valence-electron chi connectivity index (χ1n) is 12.0. The molecule has 6 heteroatoms. The van der Waals surface area contributed by atoms with Gasteiger partial charge in [-0.05, 0) is 57.9 Å². The van der Waals surface area contributed by atoms with E-state index < -0.39 is 17.2 Å². The van der Waals surface area contributed by atoms with Gasteiger partial charge in [0.25, 0.3) is 0 Å². The van der Waals surface area contributed by atoms with E-state index in [0.29, 0.717) is 18.8 Å². The Morgan fingerprint density at radius 3 is 2.41 bits per heavy atom. The molecule has 1 aromatic rings. The van der Waals surface area contributed by atoms with Gasteiger partial charge in [0, 0.05) is 6.04 Å². The Morgan fingerprint density at radius 1 is 1.19 bits per heavy atom. The summed E-state index contributed by atoms with van der Waals surface area (Å²) in [7, 11) is 1.40.